The van der Waals surface area contributed by atoms with E-state index < -0.39 is 5.60 Å². The van der Waals surface area contributed by atoms with Crippen LogP contribution in [0.25, 0.3) is 28.0 Å². The predicted octanol–water partition coefficient (Wildman–Crippen LogP) is 12.7. The summed E-state index contributed by atoms with van der Waals surface area (Å²) in [6.07, 6.45) is 12.1. The SMILES string of the molecule is C/C=C\C(=C/CNCO)C1(c2ccc(OC(C)C)cc2)C=Cc2c3c4c5c(cc(C)cc5c2O1)C(C)(C)c1cc(C)cc(c1-4)C1Cc2ccccc2C31.CC.CC. The van der Waals surface area contributed by atoms with Gasteiger partial charge in [-0.2, -0.15) is 0 Å². The first-order valence-corrected chi connectivity index (χ1v) is 21.3. The van der Waals surface area contributed by atoms with Crippen molar-refractivity contribution >= 4 is 16.8 Å². The number of allylic oxidation sites excluding steroid dienone is 1. The van der Waals surface area contributed by atoms with E-state index in [1.807, 2.05) is 48.5 Å². The van der Waals surface area contributed by atoms with E-state index in [0.717, 1.165) is 29.1 Å². The van der Waals surface area contributed by atoms with Crippen LogP contribution in [-0.2, 0) is 17.4 Å². The van der Waals surface area contributed by atoms with Crippen LogP contribution >= 0.6 is 0 Å². The summed E-state index contributed by atoms with van der Waals surface area (Å²) in [5.74, 6) is 2.36. The van der Waals surface area contributed by atoms with Crippen LogP contribution in [0.5, 0.6) is 11.5 Å². The molecule has 3 unspecified atom stereocenters. The number of aliphatic hydroxyl groups excluding tert-OH is 1. The van der Waals surface area contributed by atoms with E-state index in [1.54, 1.807) is 0 Å². The molecule has 3 aliphatic carbocycles. The highest BCUT2D eigenvalue weighted by atomic mass is 16.5. The van der Waals surface area contributed by atoms with Crippen LogP contribution in [0.2, 0.25) is 0 Å². The van der Waals surface area contributed by atoms with Crippen molar-refractivity contribution in [3.63, 3.8) is 0 Å². The molecular weight excluding hydrogens is 699 g/mol. The molecule has 3 atom stereocenters. The van der Waals surface area contributed by atoms with Crippen molar-refractivity contribution in [2.45, 2.75) is 112 Å². The van der Waals surface area contributed by atoms with E-state index in [0.29, 0.717) is 12.5 Å². The molecular formula is C53H61NO3. The molecule has 0 radical (unpaired) electrons. The fourth-order valence-electron chi connectivity index (χ4n) is 10.1. The van der Waals surface area contributed by atoms with Crippen molar-refractivity contribution in [1.82, 2.24) is 5.32 Å². The van der Waals surface area contributed by atoms with Crippen molar-refractivity contribution in [3.05, 3.63) is 158 Å². The Morgan fingerprint density at radius 3 is 2.32 bits per heavy atom. The molecule has 4 aliphatic rings. The van der Waals surface area contributed by atoms with Crippen LogP contribution in [0.3, 0.4) is 0 Å². The van der Waals surface area contributed by atoms with Gasteiger partial charge in [-0.3, -0.25) is 5.32 Å². The second-order valence-corrected chi connectivity index (χ2v) is 16.3. The van der Waals surface area contributed by atoms with Gasteiger partial charge in [-0.05, 0) is 121 Å². The molecule has 4 heteroatoms. The Balaban J connectivity index is 0.00000120. The number of ether oxygens (including phenoxy) is 2. The van der Waals surface area contributed by atoms with Gasteiger partial charge in [0.15, 0.2) is 5.60 Å². The van der Waals surface area contributed by atoms with Gasteiger partial charge in [-0.1, -0.05) is 132 Å². The lowest BCUT2D eigenvalue weighted by Gasteiger charge is -2.45. The van der Waals surface area contributed by atoms with E-state index >= 15 is 0 Å². The molecule has 296 valence electrons. The Labute approximate surface area is 341 Å². The minimum absolute atomic E-state index is 0.0763. The minimum atomic E-state index is -0.931. The largest absolute Gasteiger partial charge is 0.491 e. The molecule has 0 amide bonds. The molecule has 5 aromatic carbocycles. The zero-order valence-corrected chi connectivity index (χ0v) is 35.9. The summed E-state index contributed by atoms with van der Waals surface area (Å²) in [4.78, 5) is 0. The van der Waals surface area contributed by atoms with E-state index in [1.165, 1.54) is 72.0 Å². The lowest BCUT2D eigenvalue weighted by Crippen LogP contribution is -2.36. The van der Waals surface area contributed by atoms with Gasteiger partial charge in [-0.15, -0.1) is 0 Å². The number of aliphatic hydroxyl groups is 1. The molecule has 1 aliphatic heterocycles. The van der Waals surface area contributed by atoms with Gasteiger partial charge in [0.25, 0.3) is 0 Å². The van der Waals surface area contributed by atoms with Crippen LogP contribution in [0.4, 0.5) is 0 Å². The monoisotopic (exact) mass is 759 g/mol. The fourth-order valence-corrected chi connectivity index (χ4v) is 10.1. The average molecular weight is 760 g/mol. The number of hydrogen-bond acceptors (Lipinski definition) is 4. The Bertz CT molecular complexity index is 2410. The molecule has 0 spiro atoms. The third-order valence-electron chi connectivity index (χ3n) is 12.2. The number of benzene rings is 5. The van der Waals surface area contributed by atoms with Crippen molar-refractivity contribution < 1.29 is 14.6 Å². The van der Waals surface area contributed by atoms with E-state index in [4.69, 9.17) is 9.47 Å². The van der Waals surface area contributed by atoms with Gasteiger partial charge >= 0.3 is 0 Å². The van der Waals surface area contributed by atoms with Gasteiger partial charge < -0.3 is 14.6 Å². The normalized spacial score (nSPS) is 20.2. The van der Waals surface area contributed by atoms with Crippen molar-refractivity contribution in [3.8, 4) is 22.6 Å². The quantitative estimate of drug-likeness (QED) is 0.0940. The first-order chi connectivity index (χ1) is 27.6. The lowest BCUT2D eigenvalue weighted by molar-refractivity contribution is 0.161. The average Bonchev–Trinajstić information content (AvgIpc) is 3.61. The Morgan fingerprint density at radius 1 is 0.912 bits per heavy atom. The Hall–Kier alpha value is -4.90. The summed E-state index contributed by atoms with van der Waals surface area (Å²) in [5.41, 5.74) is 16.1. The zero-order chi connectivity index (χ0) is 40.8. The zero-order valence-electron chi connectivity index (χ0n) is 35.9. The molecule has 5 aromatic rings. The third kappa shape index (κ3) is 6.37. The lowest BCUT2D eigenvalue weighted by atomic mass is 9.59. The summed E-state index contributed by atoms with van der Waals surface area (Å²) in [6, 6.07) is 27.3. The third-order valence-corrected chi connectivity index (χ3v) is 12.2. The van der Waals surface area contributed by atoms with Crippen LogP contribution < -0.4 is 14.8 Å². The minimum Gasteiger partial charge on any atom is -0.491 e. The van der Waals surface area contributed by atoms with E-state index in [2.05, 4.69) is 136 Å². The summed E-state index contributed by atoms with van der Waals surface area (Å²) >= 11 is 0. The standard InChI is InChI=1S/C49H49NO3.2C2H6/c1-8-11-32(19-21-50-27-51)49(33-14-16-34(17-15-33)52-28(2)3)20-18-36-45-42-35-13-10-9-12-31(35)26-38(42)37-22-29(4)24-40-43(37)46(45)44-39(47(36)53-49)23-30(5)25-41(44)48(40,6)7;2*1-2/h8-20,22-25,28,38,42,50-51H,21,26-27H2,1-7H3;2*1-2H3/b11-8-,32-19+;;. The highest BCUT2D eigenvalue weighted by molar-refractivity contribution is 6.12. The summed E-state index contributed by atoms with van der Waals surface area (Å²) < 4.78 is 13.8. The number of aryl methyl sites for hydroxylation is 2. The summed E-state index contributed by atoms with van der Waals surface area (Å²) in [7, 11) is 0. The van der Waals surface area contributed by atoms with Crippen LogP contribution in [0, 0.1) is 13.8 Å². The maximum absolute atomic E-state index is 9.67. The number of nitrogens with one attached hydrogen (secondary N) is 1. The highest BCUT2D eigenvalue weighted by Gasteiger charge is 2.49. The van der Waals surface area contributed by atoms with E-state index in [9.17, 15) is 5.11 Å². The van der Waals surface area contributed by atoms with Gasteiger partial charge in [-0.25, -0.2) is 0 Å². The molecule has 0 aromatic heterocycles. The Morgan fingerprint density at radius 2 is 1.61 bits per heavy atom. The molecule has 0 fully saturated rings. The predicted molar refractivity (Wildman–Crippen MR) is 240 cm³/mol. The summed E-state index contributed by atoms with van der Waals surface area (Å²) in [6.45, 7) is 23.9. The summed E-state index contributed by atoms with van der Waals surface area (Å²) in [5, 5.41) is 15.3. The maximum atomic E-state index is 9.67. The van der Waals surface area contributed by atoms with Crippen molar-refractivity contribution in [2.24, 2.45) is 0 Å². The molecule has 9 rings (SSSR count). The molecule has 1 heterocycles. The molecule has 0 saturated carbocycles. The Kier molecular flexibility index (Phi) is 11.2. The first-order valence-electron chi connectivity index (χ1n) is 21.3. The topological polar surface area (TPSA) is 50.7 Å². The number of fused-ring (bicyclic) bond motifs is 8. The molecule has 0 saturated heterocycles. The van der Waals surface area contributed by atoms with Crippen LogP contribution in [0.15, 0.2) is 103 Å². The number of rotatable bonds is 8. The van der Waals surface area contributed by atoms with Crippen LogP contribution in [0.1, 0.15) is 130 Å². The highest BCUT2D eigenvalue weighted by Crippen LogP contribution is 2.65. The maximum Gasteiger partial charge on any atom is 0.177 e. The molecule has 0 bridgehead atoms. The van der Waals surface area contributed by atoms with Crippen molar-refractivity contribution in [1.29, 1.82) is 0 Å². The second kappa shape index (κ2) is 15.8. The van der Waals surface area contributed by atoms with Gasteiger partial charge in [0.05, 0.1) is 12.8 Å². The molecule has 4 nitrogen and oxygen atoms in total. The van der Waals surface area contributed by atoms with Crippen LogP contribution in [-0.4, -0.2) is 24.5 Å². The van der Waals surface area contributed by atoms with Gasteiger partial charge in [0, 0.05) is 40.0 Å². The van der Waals surface area contributed by atoms with E-state index in [-0.39, 0.29) is 24.2 Å². The van der Waals surface area contributed by atoms with Gasteiger partial charge in [0.2, 0.25) is 0 Å². The fraction of sp³-hybridized carbons (Fsp3) is 0.358. The second-order valence-electron chi connectivity index (χ2n) is 16.3. The van der Waals surface area contributed by atoms with Crippen molar-refractivity contribution in [2.75, 3.05) is 13.3 Å². The number of hydrogen-bond donors (Lipinski definition) is 2. The first kappa shape index (κ1) is 40.3. The smallest absolute Gasteiger partial charge is 0.177 e. The molecule has 57 heavy (non-hydrogen) atoms. The van der Waals surface area contributed by atoms with Gasteiger partial charge in [0.1, 0.15) is 11.5 Å². The molecule has 2 N–H and O–H groups in total.